The normalized spacial score (nSPS) is 18.7. The number of furan rings is 1. The summed E-state index contributed by atoms with van der Waals surface area (Å²) in [7, 11) is 0. The molecular formula is C18H19N3O2S. The Labute approximate surface area is 144 Å². The molecule has 0 N–H and O–H groups in total. The van der Waals surface area contributed by atoms with Crippen LogP contribution in [0.1, 0.15) is 17.4 Å². The number of benzene rings is 1. The molecule has 1 aromatic carbocycles. The van der Waals surface area contributed by atoms with Crippen molar-refractivity contribution in [3.8, 4) is 0 Å². The molecule has 1 atom stereocenters. The van der Waals surface area contributed by atoms with Crippen molar-refractivity contribution in [3.63, 3.8) is 0 Å². The van der Waals surface area contributed by atoms with Crippen LogP contribution in [0.25, 0.3) is 11.0 Å². The van der Waals surface area contributed by atoms with E-state index in [4.69, 9.17) is 4.42 Å². The highest BCUT2D eigenvalue weighted by atomic mass is 32.2. The summed E-state index contributed by atoms with van der Waals surface area (Å²) in [6, 6.07) is 11.8. The number of para-hydroxylation sites is 2. The van der Waals surface area contributed by atoms with E-state index in [9.17, 15) is 4.79 Å². The topological polar surface area (TPSA) is 51.3 Å². The summed E-state index contributed by atoms with van der Waals surface area (Å²) >= 11 is 1.87. The maximum absolute atomic E-state index is 12.7. The van der Waals surface area contributed by atoms with Gasteiger partial charge in [0.05, 0.1) is 28.9 Å². The number of fused-ring (bicyclic) bond motifs is 1. The van der Waals surface area contributed by atoms with Crippen molar-refractivity contribution in [2.24, 2.45) is 0 Å². The molecule has 0 spiro atoms. The minimum absolute atomic E-state index is 0.152. The molecule has 0 unspecified atom stereocenters. The fourth-order valence-electron chi connectivity index (χ4n) is 3.10. The number of amides is 1. The highest BCUT2D eigenvalue weighted by Gasteiger charge is 2.23. The van der Waals surface area contributed by atoms with Crippen LogP contribution in [0.4, 0.5) is 0 Å². The highest BCUT2D eigenvalue weighted by Crippen LogP contribution is 2.34. The van der Waals surface area contributed by atoms with Gasteiger partial charge in [-0.1, -0.05) is 12.1 Å². The molecule has 24 heavy (non-hydrogen) atoms. The quantitative estimate of drug-likeness (QED) is 0.733. The first-order valence-electron chi connectivity index (χ1n) is 8.14. The second-order valence-electron chi connectivity index (χ2n) is 5.91. The van der Waals surface area contributed by atoms with E-state index in [0.29, 0.717) is 11.8 Å². The Balaban J connectivity index is 1.43. The fourth-order valence-corrected chi connectivity index (χ4v) is 4.28. The zero-order chi connectivity index (χ0) is 16.4. The minimum Gasteiger partial charge on any atom is -0.468 e. The first kappa shape index (κ1) is 15.3. The van der Waals surface area contributed by atoms with Crippen molar-refractivity contribution in [2.75, 3.05) is 18.8 Å². The number of hydrogen-bond donors (Lipinski definition) is 0. The van der Waals surface area contributed by atoms with Crippen LogP contribution in [0.15, 0.2) is 53.4 Å². The van der Waals surface area contributed by atoms with Gasteiger partial charge in [0.1, 0.15) is 12.3 Å². The lowest BCUT2D eigenvalue weighted by Gasteiger charge is -2.20. The minimum atomic E-state index is 0.152. The van der Waals surface area contributed by atoms with Crippen molar-refractivity contribution in [3.05, 3.63) is 54.7 Å². The molecular weight excluding hydrogens is 322 g/mol. The number of carbonyl (C=O) groups is 1. The Morgan fingerprint density at radius 1 is 1.25 bits per heavy atom. The second kappa shape index (κ2) is 6.73. The van der Waals surface area contributed by atoms with Gasteiger partial charge in [-0.15, -0.1) is 11.8 Å². The Morgan fingerprint density at radius 3 is 3.04 bits per heavy atom. The van der Waals surface area contributed by atoms with Crippen LogP contribution < -0.4 is 0 Å². The van der Waals surface area contributed by atoms with Gasteiger partial charge >= 0.3 is 0 Å². The third-order valence-electron chi connectivity index (χ3n) is 4.39. The molecule has 0 radical (unpaired) electrons. The summed E-state index contributed by atoms with van der Waals surface area (Å²) in [6.07, 6.45) is 4.39. The van der Waals surface area contributed by atoms with Crippen molar-refractivity contribution in [1.82, 2.24) is 14.5 Å². The van der Waals surface area contributed by atoms with E-state index in [1.165, 1.54) is 0 Å². The first-order chi connectivity index (χ1) is 11.8. The predicted octanol–water partition coefficient (Wildman–Crippen LogP) is 3.34. The number of rotatable bonds is 3. The summed E-state index contributed by atoms with van der Waals surface area (Å²) in [5.74, 6) is 2.09. The highest BCUT2D eigenvalue weighted by molar-refractivity contribution is 7.99. The Morgan fingerprint density at radius 2 is 2.17 bits per heavy atom. The molecule has 3 heterocycles. The smallest absolute Gasteiger partial charge is 0.242 e. The lowest BCUT2D eigenvalue weighted by molar-refractivity contribution is -0.131. The van der Waals surface area contributed by atoms with Crippen LogP contribution >= 0.6 is 11.8 Å². The Bertz CT molecular complexity index is 828. The predicted molar refractivity (Wildman–Crippen MR) is 94.8 cm³/mol. The first-order valence-corrected chi connectivity index (χ1v) is 9.19. The number of hydrogen-bond acceptors (Lipinski definition) is 4. The maximum Gasteiger partial charge on any atom is 0.242 e. The van der Waals surface area contributed by atoms with Gasteiger partial charge in [-0.2, -0.15) is 0 Å². The second-order valence-corrected chi connectivity index (χ2v) is 7.22. The maximum atomic E-state index is 12.7. The van der Waals surface area contributed by atoms with E-state index in [1.807, 2.05) is 57.6 Å². The molecule has 1 saturated heterocycles. The molecule has 5 nitrogen and oxygen atoms in total. The van der Waals surface area contributed by atoms with Crippen LogP contribution in [-0.4, -0.2) is 39.2 Å². The van der Waals surface area contributed by atoms with E-state index in [-0.39, 0.29) is 5.91 Å². The number of carbonyl (C=O) groups excluding carboxylic acids is 1. The number of aromatic nitrogens is 2. The average molecular weight is 341 g/mol. The van der Waals surface area contributed by atoms with Crippen LogP contribution in [0.5, 0.6) is 0 Å². The number of thioether (sulfide) groups is 1. The van der Waals surface area contributed by atoms with Crippen LogP contribution in [0.3, 0.4) is 0 Å². The molecule has 0 bridgehead atoms. The van der Waals surface area contributed by atoms with Gasteiger partial charge in [-0.25, -0.2) is 4.98 Å². The molecule has 1 amide bonds. The average Bonchev–Trinajstić information content (AvgIpc) is 3.20. The molecule has 0 saturated carbocycles. The van der Waals surface area contributed by atoms with Gasteiger partial charge in [0, 0.05) is 18.8 Å². The number of imidazole rings is 1. The molecule has 3 aromatic rings. The van der Waals surface area contributed by atoms with E-state index < -0.39 is 0 Å². The Kier molecular flexibility index (Phi) is 4.30. The summed E-state index contributed by atoms with van der Waals surface area (Å²) in [5, 5.41) is 0.340. The van der Waals surface area contributed by atoms with Crippen molar-refractivity contribution in [1.29, 1.82) is 0 Å². The third kappa shape index (κ3) is 3.06. The van der Waals surface area contributed by atoms with Gasteiger partial charge < -0.3 is 13.9 Å². The summed E-state index contributed by atoms with van der Waals surface area (Å²) < 4.78 is 7.45. The van der Waals surface area contributed by atoms with Gasteiger partial charge in [-0.05, 0) is 30.7 Å². The molecule has 2 aromatic heterocycles. The lowest BCUT2D eigenvalue weighted by Crippen LogP contribution is -2.35. The lowest BCUT2D eigenvalue weighted by atomic mass is 10.2. The summed E-state index contributed by atoms with van der Waals surface area (Å²) in [6.45, 7) is 1.90. The fraction of sp³-hybridized carbons (Fsp3) is 0.333. The summed E-state index contributed by atoms with van der Waals surface area (Å²) in [4.78, 5) is 19.0. The van der Waals surface area contributed by atoms with E-state index in [2.05, 4.69) is 4.98 Å². The van der Waals surface area contributed by atoms with Gasteiger partial charge in [0.25, 0.3) is 0 Å². The molecule has 6 heteroatoms. The van der Waals surface area contributed by atoms with Crippen molar-refractivity contribution < 1.29 is 9.21 Å². The molecule has 4 rings (SSSR count). The largest absolute Gasteiger partial charge is 0.468 e. The summed E-state index contributed by atoms with van der Waals surface area (Å²) in [5.41, 5.74) is 1.93. The van der Waals surface area contributed by atoms with Crippen molar-refractivity contribution >= 4 is 28.7 Å². The van der Waals surface area contributed by atoms with E-state index in [0.717, 1.165) is 42.1 Å². The van der Waals surface area contributed by atoms with Crippen LogP contribution in [-0.2, 0) is 11.3 Å². The van der Waals surface area contributed by atoms with Gasteiger partial charge in [0.2, 0.25) is 5.91 Å². The Hall–Kier alpha value is -2.21. The van der Waals surface area contributed by atoms with Gasteiger partial charge in [-0.3, -0.25) is 4.79 Å². The van der Waals surface area contributed by atoms with Crippen LogP contribution in [0.2, 0.25) is 0 Å². The van der Waals surface area contributed by atoms with E-state index >= 15 is 0 Å². The molecule has 1 aliphatic heterocycles. The SMILES string of the molecule is O=C(Cn1cnc2ccccc21)N1CCS[C@@H](c2ccco2)CC1. The monoisotopic (exact) mass is 341 g/mol. The zero-order valence-electron chi connectivity index (χ0n) is 13.3. The molecule has 1 aliphatic rings. The molecule has 124 valence electrons. The van der Waals surface area contributed by atoms with E-state index in [1.54, 1.807) is 12.6 Å². The third-order valence-corrected chi connectivity index (χ3v) is 5.68. The standard InChI is InChI=1S/C18H19N3O2S/c22-18(12-21-13-19-14-4-1-2-5-15(14)21)20-8-7-17(24-11-9-20)16-6-3-10-23-16/h1-6,10,13,17H,7-9,11-12H2/t17-/m1/s1. The molecule has 1 fully saturated rings. The molecule has 0 aliphatic carbocycles. The zero-order valence-corrected chi connectivity index (χ0v) is 14.1. The van der Waals surface area contributed by atoms with Crippen LogP contribution in [0, 0.1) is 0 Å². The van der Waals surface area contributed by atoms with Gasteiger partial charge in [0.15, 0.2) is 0 Å². The van der Waals surface area contributed by atoms with Crippen molar-refractivity contribution in [2.45, 2.75) is 18.2 Å². The number of nitrogens with zero attached hydrogens (tertiary/aromatic N) is 3.